The minimum Gasteiger partial charge on any atom is -0.496 e. The molecule has 1 aliphatic rings. The molecular formula is C12H14BClN2O4. The number of nitrogens with two attached hydrogens (primary N) is 1. The molecule has 20 heavy (non-hydrogen) atoms. The summed E-state index contributed by atoms with van der Waals surface area (Å²) < 4.78 is 15.8. The van der Waals surface area contributed by atoms with E-state index in [2.05, 4.69) is 0 Å². The van der Waals surface area contributed by atoms with Gasteiger partial charge < -0.3 is 24.9 Å². The van der Waals surface area contributed by atoms with Crippen LogP contribution in [0.15, 0.2) is 6.07 Å². The number of hydrogen-bond acceptors (Lipinski definition) is 6. The highest BCUT2D eigenvalue weighted by molar-refractivity contribution is 6.65. The minimum atomic E-state index is -1.13. The Morgan fingerprint density at radius 2 is 2.35 bits per heavy atom. The second-order valence-electron chi connectivity index (χ2n) is 4.76. The van der Waals surface area contributed by atoms with Crippen molar-refractivity contribution in [1.82, 2.24) is 0 Å². The zero-order valence-electron chi connectivity index (χ0n) is 11.1. The van der Waals surface area contributed by atoms with Crippen LogP contribution in [0.3, 0.4) is 0 Å². The molecule has 0 aliphatic carbocycles. The number of ether oxygens (including phenoxy) is 2. The van der Waals surface area contributed by atoms with E-state index in [1.54, 1.807) is 13.0 Å². The molecule has 106 valence electrons. The third-order valence-corrected chi connectivity index (χ3v) is 3.36. The van der Waals surface area contributed by atoms with E-state index >= 15 is 0 Å². The van der Waals surface area contributed by atoms with Gasteiger partial charge in [0.25, 0.3) is 0 Å². The molecule has 1 heterocycles. The van der Waals surface area contributed by atoms with E-state index < -0.39 is 12.7 Å². The molecule has 3 N–H and O–H groups in total. The summed E-state index contributed by atoms with van der Waals surface area (Å²) in [7, 11) is 0.385. The Hall–Kier alpha value is -1.46. The van der Waals surface area contributed by atoms with E-state index in [1.165, 1.54) is 7.11 Å². The molecule has 0 fully saturated rings. The van der Waals surface area contributed by atoms with E-state index in [4.69, 9.17) is 36.7 Å². The summed E-state index contributed by atoms with van der Waals surface area (Å²) >= 11 is 6.21. The van der Waals surface area contributed by atoms with Gasteiger partial charge in [-0.05, 0) is 6.92 Å². The molecule has 1 aliphatic heterocycles. The van der Waals surface area contributed by atoms with Crippen LogP contribution in [0, 0.1) is 11.3 Å². The number of rotatable bonds is 4. The number of methoxy groups -OCH3 is 1. The fourth-order valence-corrected chi connectivity index (χ4v) is 2.18. The van der Waals surface area contributed by atoms with Gasteiger partial charge in [-0.1, -0.05) is 11.6 Å². The molecule has 0 unspecified atom stereocenters. The van der Waals surface area contributed by atoms with Gasteiger partial charge in [0.2, 0.25) is 0 Å². The topological polar surface area (TPSA) is 97.7 Å². The van der Waals surface area contributed by atoms with Gasteiger partial charge >= 0.3 is 7.12 Å². The molecule has 6 nitrogen and oxygen atoms in total. The first kappa shape index (κ1) is 14.9. The predicted octanol–water partition coefficient (Wildman–Crippen LogP) is 0.186. The van der Waals surface area contributed by atoms with Crippen LogP contribution in [0.2, 0.25) is 5.02 Å². The Labute approximate surface area is 122 Å². The lowest BCUT2D eigenvalue weighted by Gasteiger charge is -2.19. The Morgan fingerprint density at radius 1 is 1.65 bits per heavy atom. The molecule has 0 radical (unpaired) electrons. The van der Waals surface area contributed by atoms with Gasteiger partial charge in [0, 0.05) is 17.1 Å². The Morgan fingerprint density at radius 3 is 2.95 bits per heavy atom. The van der Waals surface area contributed by atoms with Crippen LogP contribution in [-0.2, 0) is 11.3 Å². The SMILES string of the molecule is COc1cc(OC[C@@](C)(N)C#N)c(Cl)c2c1COB2O. The molecule has 1 aromatic carbocycles. The highest BCUT2D eigenvalue weighted by atomic mass is 35.5. The van der Waals surface area contributed by atoms with Crippen LogP contribution in [0.4, 0.5) is 0 Å². The van der Waals surface area contributed by atoms with Crippen LogP contribution in [0.5, 0.6) is 11.5 Å². The van der Waals surface area contributed by atoms with Gasteiger partial charge in [-0.15, -0.1) is 0 Å². The molecule has 0 saturated heterocycles. The fraction of sp³-hybridized carbons (Fsp3) is 0.417. The van der Waals surface area contributed by atoms with Crippen LogP contribution >= 0.6 is 11.6 Å². The van der Waals surface area contributed by atoms with Crippen molar-refractivity contribution in [3.63, 3.8) is 0 Å². The molecular weight excluding hydrogens is 282 g/mol. The van der Waals surface area contributed by atoms with E-state index in [-0.39, 0.29) is 18.2 Å². The summed E-state index contributed by atoms with van der Waals surface area (Å²) in [4.78, 5) is 0. The maximum absolute atomic E-state index is 9.79. The van der Waals surface area contributed by atoms with E-state index in [0.717, 1.165) is 0 Å². The van der Waals surface area contributed by atoms with E-state index in [0.29, 0.717) is 22.5 Å². The van der Waals surface area contributed by atoms with Crippen LogP contribution in [0.25, 0.3) is 0 Å². The summed E-state index contributed by atoms with van der Waals surface area (Å²) in [5.74, 6) is 0.797. The molecule has 0 amide bonds. The first-order valence-electron chi connectivity index (χ1n) is 5.91. The minimum absolute atomic E-state index is 0.0396. The summed E-state index contributed by atoms with van der Waals surface area (Å²) in [6.07, 6.45) is 0. The lowest BCUT2D eigenvalue weighted by molar-refractivity contribution is 0.263. The summed E-state index contributed by atoms with van der Waals surface area (Å²) in [5, 5.41) is 18.9. The second kappa shape index (κ2) is 5.50. The Balaban J connectivity index is 2.36. The third-order valence-electron chi connectivity index (χ3n) is 2.97. The van der Waals surface area contributed by atoms with Gasteiger partial charge in [-0.3, -0.25) is 0 Å². The number of benzene rings is 1. The molecule has 1 aromatic rings. The molecule has 2 rings (SSSR count). The maximum atomic E-state index is 9.79. The molecule has 0 aromatic heterocycles. The van der Waals surface area contributed by atoms with E-state index in [1.807, 2.05) is 6.07 Å². The lowest BCUT2D eigenvalue weighted by atomic mass is 9.79. The predicted molar refractivity (Wildman–Crippen MR) is 74.1 cm³/mol. The largest absolute Gasteiger partial charge is 0.496 e. The molecule has 0 bridgehead atoms. The monoisotopic (exact) mass is 296 g/mol. The zero-order valence-corrected chi connectivity index (χ0v) is 11.9. The lowest BCUT2D eigenvalue weighted by Crippen LogP contribution is -2.41. The summed E-state index contributed by atoms with van der Waals surface area (Å²) in [6, 6.07) is 3.52. The van der Waals surface area contributed by atoms with E-state index in [9.17, 15) is 5.02 Å². The number of hydrogen-bond donors (Lipinski definition) is 2. The molecule has 0 spiro atoms. The molecule has 8 heteroatoms. The van der Waals surface area contributed by atoms with Crippen LogP contribution in [-0.4, -0.2) is 31.4 Å². The van der Waals surface area contributed by atoms with Crippen molar-refractivity contribution in [2.24, 2.45) is 5.73 Å². The van der Waals surface area contributed by atoms with Crippen molar-refractivity contribution in [3.05, 3.63) is 16.7 Å². The normalized spacial score (nSPS) is 16.3. The fourth-order valence-electron chi connectivity index (χ4n) is 1.87. The number of nitrogens with zero attached hydrogens (tertiary/aromatic N) is 1. The second-order valence-corrected chi connectivity index (χ2v) is 5.14. The summed E-state index contributed by atoms with van der Waals surface area (Å²) in [5.41, 5.74) is 5.67. The summed E-state index contributed by atoms with van der Waals surface area (Å²) in [6.45, 7) is 1.72. The molecule has 0 saturated carbocycles. The maximum Gasteiger partial charge on any atom is 0.493 e. The molecule has 1 atom stereocenters. The first-order valence-corrected chi connectivity index (χ1v) is 6.29. The first-order chi connectivity index (χ1) is 9.39. The standard InChI is InChI=1S/C12H14BClN2O4/c1-12(16,5-15)6-19-9-3-8(18-2)7-4-20-13(17)10(7)11(9)14/h3,17H,4,6,16H2,1-2H3/t12-/m0/s1. The Kier molecular flexibility index (Phi) is 4.11. The van der Waals surface area contributed by atoms with Crippen molar-refractivity contribution in [2.45, 2.75) is 19.1 Å². The van der Waals surface area contributed by atoms with Gasteiger partial charge in [0.1, 0.15) is 23.6 Å². The number of fused-ring (bicyclic) bond motifs is 1. The van der Waals surface area contributed by atoms with Gasteiger partial charge in [0.05, 0.1) is 24.8 Å². The van der Waals surface area contributed by atoms with Crippen molar-refractivity contribution in [1.29, 1.82) is 5.26 Å². The van der Waals surface area contributed by atoms with Gasteiger partial charge in [0.15, 0.2) is 0 Å². The van der Waals surface area contributed by atoms with Crippen molar-refractivity contribution in [2.75, 3.05) is 13.7 Å². The van der Waals surface area contributed by atoms with Gasteiger partial charge in [-0.2, -0.15) is 5.26 Å². The van der Waals surface area contributed by atoms with Crippen molar-refractivity contribution >= 4 is 24.2 Å². The van der Waals surface area contributed by atoms with Crippen molar-refractivity contribution < 1.29 is 19.2 Å². The zero-order chi connectivity index (χ0) is 14.9. The van der Waals surface area contributed by atoms with Gasteiger partial charge in [-0.25, -0.2) is 0 Å². The van der Waals surface area contributed by atoms with Crippen molar-refractivity contribution in [3.8, 4) is 17.6 Å². The number of nitriles is 1. The highest BCUT2D eigenvalue weighted by Gasteiger charge is 2.35. The Bertz CT molecular complexity index is 574. The quantitative estimate of drug-likeness (QED) is 0.770. The van der Waals surface area contributed by atoms with Crippen LogP contribution in [0.1, 0.15) is 12.5 Å². The smallest absolute Gasteiger partial charge is 0.493 e. The average Bonchev–Trinajstić information content (AvgIpc) is 2.81. The number of halogens is 1. The average molecular weight is 297 g/mol. The van der Waals surface area contributed by atoms with Crippen LogP contribution < -0.4 is 20.7 Å². The highest BCUT2D eigenvalue weighted by Crippen LogP contribution is 2.34. The third kappa shape index (κ3) is 2.69.